The van der Waals surface area contributed by atoms with Crippen LogP contribution in [0.3, 0.4) is 0 Å². The van der Waals surface area contributed by atoms with Gasteiger partial charge >= 0.3 is 0 Å². The summed E-state index contributed by atoms with van der Waals surface area (Å²) in [5.41, 5.74) is 1.08. The van der Waals surface area contributed by atoms with E-state index in [1.54, 1.807) is 0 Å². The highest BCUT2D eigenvalue weighted by atomic mass is 35.5. The molecule has 19 heavy (non-hydrogen) atoms. The molecule has 5 heteroatoms. The molecule has 0 bridgehead atoms. The molecule has 0 fully saturated rings. The van der Waals surface area contributed by atoms with E-state index in [1.165, 1.54) is 0 Å². The third-order valence-corrected chi connectivity index (χ3v) is 3.00. The monoisotopic (exact) mass is 285 g/mol. The number of rotatable bonds is 6. The van der Waals surface area contributed by atoms with Crippen LogP contribution in [-0.4, -0.2) is 32.5 Å². The van der Waals surface area contributed by atoms with Crippen molar-refractivity contribution in [2.24, 2.45) is 0 Å². The summed E-state index contributed by atoms with van der Waals surface area (Å²) in [7, 11) is 0. The fourth-order valence-electron chi connectivity index (χ4n) is 1.87. The van der Waals surface area contributed by atoms with Crippen molar-refractivity contribution in [2.75, 3.05) is 26.4 Å². The molecule has 0 saturated heterocycles. The number of nitrogens with one attached hydrogen (secondary N) is 1. The van der Waals surface area contributed by atoms with E-state index in [0.717, 1.165) is 24.4 Å². The van der Waals surface area contributed by atoms with Gasteiger partial charge in [-0.15, -0.1) is 0 Å². The van der Waals surface area contributed by atoms with Gasteiger partial charge in [-0.05, 0) is 31.5 Å². The second kappa shape index (κ2) is 6.98. The van der Waals surface area contributed by atoms with Crippen LogP contribution >= 0.6 is 11.6 Å². The SMILES string of the molecule is CC(C)OCCNCc1cc(Cl)c2c(c1)OCCO2. The molecule has 0 spiro atoms. The van der Waals surface area contributed by atoms with Gasteiger partial charge in [-0.1, -0.05) is 11.6 Å². The van der Waals surface area contributed by atoms with Gasteiger partial charge in [0, 0.05) is 13.1 Å². The maximum Gasteiger partial charge on any atom is 0.179 e. The summed E-state index contributed by atoms with van der Waals surface area (Å²) in [5.74, 6) is 1.38. The Kier molecular flexibility index (Phi) is 5.31. The van der Waals surface area contributed by atoms with Crippen molar-refractivity contribution in [3.8, 4) is 11.5 Å². The average Bonchev–Trinajstić information content (AvgIpc) is 2.38. The lowest BCUT2D eigenvalue weighted by Crippen LogP contribution is -2.21. The quantitative estimate of drug-likeness (QED) is 0.816. The Bertz CT molecular complexity index is 423. The largest absolute Gasteiger partial charge is 0.486 e. The molecule has 1 aromatic carbocycles. The zero-order valence-electron chi connectivity index (χ0n) is 11.4. The summed E-state index contributed by atoms with van der Waals surface area (Å²) < 4.78 is 16.5. The van der Waals surface area contributed by atoms with Crippen LogP contribution < -0.4 is 14.8 Å². The first-order valence-corrected chi connectivity index (χ1v) is 6.95. The Labute approximate surface area is 119 Å². The van der Waals surface area contributed by atoms with E-state index in [2.05, 4.69) is 5.32 Å². The Morgan fingerprint density at radius 1 is 1.32 bits per heavy atom. The minimum atomic E-state index is 0.269. The molecule has 106 valence electrons. The summed E-state index contributed by atoms with van der Waals surface area (Å²) in [6, 6.07) is 3.88. The third kappa shape index (κ3) is 4.27. The zero-order chi connectivity index (χ0) is 13.7. The standard InChI is InChI=1S/C14H20ClNO3/c1-10(2)17-4-3-16-9-11-7-12(15)14-13(8-11)18-5-6-19-14/h7-8,10,16H,3-6,9H2,1-2H3. The molecule has 4 nitrogen and oxygen atoms in total. The van der Waals surface area contributed by atoms with Gasteiger partial charge in [0.15, 0.2) is 11.5 Å². The summed E-state index contributed by atoms with van der Waals surface area (Å²) in [4.78, 5) is 0. The van der Waals surface area contributed by atoms with Crippen molar-refractivity contribution >= 4 is 11.6 Å². The summed E-state index contributed by atoms with van der Waals surface area (Å²) in [5, 5.41) is 3.92. The second-order valence-corrected chi connectivity index (χ2v) is 5.11. The smallest absolute Gasteiger partial charge is 0.179 e. The number of benzene rings is 1. The van der Waals surface area contributed by atoms with Crippen molar-refractivity contribution in [2.45, 2.75) is 26.5 Å². The highest BCUT2D eigenvalue weighted by molar-refractivity contribution is 6.32. The van der Waals surface area contributed by atoms with E-state index in [-0.39, 0.29) is 6.10 Å². The van der Waals surface area contributed by atoms with Gasteiger partial charge in [0.2, 0.25) is 0 Å². The zero-order valence-corrected chi connectivity index (χ0v) is 12.1. The lowest BCUT2D eigenvalue weighted by atomic mass is 10.2. The van der Waals surface area contributed by atoms with E-state index in [1.807, 2.05) is 26.0 Å². The molecule has 0 saturated carbocycles. The molecule has 2 rings (SSSR count). The Morgan fingerprint density at radius 3 is 2.89 bits per heavy atom. The van der Waals surface area contributed by atoms with Crippen LogP contribution in [0.4, 0.5) is 0 Å². The Balaban J connectivity index is 1.85. The maximum atomic E-state index is 6.17. The lowest BCUT2D eigenvalue weighted by molar-refractivity contribution is 0.0807. The number of ether oxygens (including phenoxy) is 3. The van der Waals surface area contributed by atoms with Crippen molar-refractivity contribution in [1.29, 1.82) is 0 Å². The van der Waals surface area contributed by atoms with E-state index < -0.39 is 0 Å². The van der Waals surface area contributed by atoms with Crippen LogP contribution in [0, 0.1) is 0 Å². The average molecular weight is 286 g/mol. The third-order valence-electron chi connectivity index (χ3n) is 2.72. The van der Waals surface area contributed by atoms with E-state index in [0.29, 0.717) is 30.6 Å². The van der Waals surface area contributed by atoms with Gasteiger partial charge in [0.25, 0.3) is 0 Å². The van der Waals surface area contributed by atoms with E-state index >= 15 is 0 Å². The molecule has 1 N–H and O–H groups in total. The summed E-state index contributed by atoms with van der Waals surface area (Å²) in [6.45, 7) is 7.43. The number of fused-ring (bicyclic) bond motifs is 1. The van der Waals surface area contributed by atoms with Gasteiger partial charge in [-0.3, -0.25) is 0 Å². The van der Waals surface area contributed by atoms with Crippen LogP contribution in [0.5, 0.6) is 11.5 Å². The molecule has 0 amide bonds. The number of hydrogen-bond acceptors (Lipinski definition) is 4. The first kappa shape index (κ1) is 14.4. The minimum Gasteiger partial charge on any atom is -0.486 e. The normalized spacial score (nSPS) is 13.9. The van der Waals surface area contributed by atoms with E-state index in [4.69, 9.17) is 25.8 Å². The molecule has 1 aliphatic rings. The maximum absolute atomic E-state index is 6.17. The highest BCUT2D eigenvalue weighted by Gasteiger charge is 2.16. The lowest BCUT2D eigenvalue weighted by Gasteiger charge is -2.20. The van der Waals surface area contributed by atoms with Crippen molar-refractivity contribution in [3.05, 3.63) is 22.7 Å². The number of hydrogen-bond donors (Lipinski definition) is 1. The van der Waals surface area contributed by atoms with Crippen LogP contribution in [0.25, 0.3) is 0 Å². The fourth-order valence-corrected chi connectivity index (χ4v) is 2.15. The highest BCUT2D eigenvalue weighted by Crippen LogP contribution is 2.38. The van der Waals surface area contributed by atoms with Crippen LogP contribution in [0.1, 0.15) is 19.4 Å². The van der Waals surface area contributed by atoms with Gasteiger partial charge in [0.05, 0.1) is 17.7 Å². The van der Waals surface area contributed by atoms with Crippen molar-refractivity contribution in [3.63, 3.8) is 0 Å². The molecule has 1 aliphatic heterocycles. The van der Waals surface area contributed by atoms with Crippen LogP contribution in [0.2, 0.25) is 5.02 Å². The number of halogens is 1. The molecule has 1 aromatic rings. The van der Waals surface area contributed by atoms with Gasteiger partial charge in [-0.2, -0.15) is 0 Å². The van der Waals surface area contributed by atoms with Gasteiger partial charge in [0.1, 0.15) is 13.2 Å². The molecule has 0 unspecified atom stereocenters. The first-order valence-electron chi connectivity index (χ1n) is 6.57. The molecule has 0 atom stereocenters. The molecule has 0 aliphatic carbocycles. The first-order chi connectivity index (χ1) is 9.16. The van der Waals surface area contributed by atoms with Gasteiger partial charge < -0.3 is 19.5 Å². The second-order valence-electron chi connectivity index (χ2n) is 4.70. The van der Waals surface area contributed by atoms with Gasteiger partial charge in [-0.25, -0.2) is 0 Å². The topological polar surface area (TPSA) is 39.7 Å². The van der Waals surface area contributed by atoms with Crippen molar-refractivity contribution in [1.82, 2.24) is 5.32 Å². The minimum absolute atomic E-state index is 0.269. The Hall–Kier alpha value is -0.970. The molecule has 0 radical (unpaired) electrons. The molecule has 1 heterocycles. The Morgan fingerprint density at radius 2 is 2.11 bits per heavy atom. The van der Waals surface area contributed by atoms with Crippen molar-refractivity contribution < 1.29 is 14.2 Å². The fraction of sp³-hybridized carbons (Fsp3) is 0.571. The van der Waals surface area contributed by atoms with Crippen LogP contribution in [0.15, 0.2) is 12.1 Å². The summed E-state index contributed by atoms with van der Waals surface area (Å²) >= 11 is 6.17. The summed E-state index contributed by atoms with van der Waals surface area (Å²) in [6.07, 6.45) is 0.269. The van der Waals surface area contributed by atoms with Crippen LogP contribution in [-0.2, 0) is 11.3 Å². The van der Waals surface area contributed by atoms with E-state index in [9.17, 15) is 0 Å². The predicted molar refractivity (Wildman–Crippen MR) is 75.2 cm³/mol. The molecule has 0 aromatic heterocycles. The predicted octanol–water partition coefficient (Wildman–Crippen LogP) is 2.63. The molecular weight excluding hydrogens is 266 g/mol. The molecular formula is C14H20ClNO3.